The number of ether oxygens (including phenoxy) is 1. The Kier molecular flexibility index (Phi) is 2.88. The van der Waals surface area contributed by atoms with Crippen LogP contribution in [0.5, 0.6) is 5.88 Å². The Morgan fingerprint density at radius 3 is 2.60 bits per heavy atom. The molecule has 3 nitrogen and oxygen atoms in total. The SMILES string of the molecule is Fc1ccc(OCc2ccncc2)nc1. The highest BCUT2D eigenvalue weighted by Gasteiger charge is 1.97. The van der Waals surface area contributed by atoms with Gasteiger partial charge in [0, 0.05) is 18.5 Å². The van der Waals surface area contributed by atoms with Crippen LogP contribution in [0.25, 0.3) is 0 Å². The van der Waals surface area contributed by atoms with Crippen LogP contribution < -0.4 is 4.74 Å². The van der Waals surface area contributed by atoms with Crippen molar-refractivity contribution >= 4 is 0 Å². The van der Waals surface area contributed by atoms with Gasteiger partial charge in [-0.1, -0.05) is 0 Å². The van der Waals surface area contributed by atoms with Crippen molar-refractivity contribution in [3.05, 3.63) is 54.2 Å². The van der Waals surface area contributed by atoms with Gasteiger partial charge < -0.3 is 4.74 Å². The molecule has 0 aliphatic heterocycles. The molecule has 0 N–H and O–H groups in total. The predicted molar refractivity (Wildman–Crippen MR) is 52.8 cm³/mol. The molecule has 0 unspecified atom stereocenters. The van der Waals surface area contributed by atoms with Crippen LogP contribution >= 0.6 is 0 Å². The first-order chi connectivity index (χ1) is 7.34. The highest BCUT2D eigenvalue weighted by atomic mass is 19.1. The molecule has 0 aromatic carbocycles. The minimum atomic E-state index is -0.369. The van der Waals surface area contributed by atoms with Crippen LogP contribution in [0.1, 0.15) is 5.56 Å². The lowest BCUT2D eigenvalue weighted by Gasteiger charge is -2.04. The number of rotatable bonds is 3. The molecular formula is C11H9FN2O. The van der Waals surface area contributed by atoms with Crippen molar-refractivity contribution in [3.8, 4) is 5.88 Å². The summed E-state index contributed by atoms with van der Waals surface area (Å²) in [4.78, 5) is 7.67. The van der Waals surface area contributed by atoms with E-state index < -0.39 is 0 Å². The number of nitrogens with zero attached hydrogens (tertiary/aromatic N) is 2. The number of hydrogen-bond donors (Lipinski definition) is 0. The van der Waals surface area contributed by atoms with Gasteiger partial charge >= 0.3 is 0 Å². The topological polar surface area (TPSA) is 35.0 Å². The predicted octanol–water partition coefficient (Wildman–Crippen LogP) is 2.19. The third-order valence-corrected chi connectivity index (χ3v) is 1.84. The zero-order valence-corrected chi connectivity index (χ0v) is 7.93. The summed E-state index contributed by atoms with van der Waals surface area (Å²) in [5.74, 6) is 0.0412. The molecule has 0 saturated heterocycles. The summed E-state index contributed by atoms with van der Waals surface area (Å²) in [7, 11) is 0. The Hall–Kier alpha value is -1.97. The van der Waals surface area contributed by atoms with Crippen LogP contribution in [0, 0.1) is 5.82 Å². The molecule has 0 amide bonds. The Morgan fingerprint density at radius 2 is 1.93 bits per heavy atom. The number of aromatic nitrogens is 2. The van der Waals surface area contributed by atoms with Crippen LogP contribution in [0.4, 0.5) is 4.39 Å². The van der Waals surface area contributed by atoms with Gasteiger partial charge in [-0.05, 0) is 23.8 Å². The fraction of sp³-hybridized carbons (Fsp3) is 0.0909. The second kappa shape index (κ2) is 4.50. The molecular weight excluding hydrogens is 195 g/mol. The average Bonchev–Trinajstić information content (AvgIpc) is 2.30. The monoisotopic (exact) mass is 204 g/mol. The summed E-state index contributed by atoms with van der Waals surface area (Å²) in [5.41, 5.74) is 0.996. The van der Waals surface area contributed by atoms with Crippen molar-refractivity contribution in [2.75, 3.05) is 0 Å². The molecule has 0 saturated carbocycles. The highest BCUT2D eigenvalue weighted by molar-refractivity contribution is 5.13. The van der Waals surface area contributed by atoms with Gasteiger partial charge in [0.1, 0.15) is 12.4 Å². The smallest absolute Gasteiger partial charge is 0.213 e. The normalized spacial score (nSPS) is 9.93. The third-order valence-electron chi connectivity index (χ3n) is 1.84. The first kappa shape index (κ1) is 9.58. The van der Waals surface area contributed by atoms with Gasteiger partial charge in [-0.2, -0.15) is 0 Å². The third kappa shape index (κ3) is 2.74. The number of hydrogen-bond acceptors (Lipinski definition) is 3. The first-order valence-corrected chi connectivity index (χ1v) is 4.48. The minimum Gasteiger partial charge on any atom is -0.473 e. The maximum absolute atomic E-state index is 12.5. The van der Waals surface area contributed by atoms with Gasteiger partial charge in [0.2, 0.25) is 5.88 Å². The maximum Gasteiger partial charge on any atom is 0.213 e. The molecule has 4 heteroatoms. The van der Waals surface area contributed by atoms with Gasteiger partial charge in [0.25, 0.3) is 0 Å². The van der Waals surface area contributed by atoms with Gasteiger partial charge in [-0.3, -0.25) is 4.98 Å². The highest BCUT2D eigenvalue weighted by Crippen LogP contribution is 2.08. The van der Waals surface area contributed by atoms with Gasteiger partial charge in [-0.15, -0.1) is 0 Å². The van der Waals surface area contributed by atoms with Crippen LogP contribution in [-0.4, -0.2) is 9.97 Å². The van der Waals surface area contributed by atoms with Crippen molar-refractivity contribution in [3.63, 3.8) is 0 Å². The van der Waals surface area contributed by atoms with E-state index in [1.165, 1.54) is 12.1 Å². The van der Waals surface area contributed by atoms with E-state index in [0.29, 0.717) is 12.5 Å². The summed E-state index contributed by atoms with van der Waals surface area (Å²) < 4.78 is 17.9. The van der Waals surface area contributed by atoms with Gasteiger partial charge in [0.15, 0.2) is 0 Å². The summed E-state index contributed by atoms with van der Waals surface area (Å²) in [6.07, 6.45) is 4.51. The molecule has 2 aromatic heterocycles. The van der Waals surface area contributed by atoms with Gasteiger partial charge in [0.05, 0.1) is 6.20 Å². The van der Waals surface area contributed by atoms with E-state index in [-0.39, 0.29) is 5.82 Å². The Balaban J connectivity index is 1.96. The van der Waals surface area contributed by atoms with Crippen molar-refractivity contribution in [1.82, 2.24) is 9.97 Å². The lowest BCUT2D eigenvalue weighted by atomic mass is 10.3. The quantitative estimate of drug-likeness (QED) is 0.768. The number of halogens is 1. The van der Waals surface area contributed by atoms with Crippen molar-refractivity contribution in [1.29, 1.82) is 0 Å². The Labute approximate surface area is 86.6 Å². The van der Waals surface area contributed by atoms with Crippen LogP contribution in [-0.2, 0) is 6.61 Å². The molecule has 2 aromatic rings. The minimum absolute atomic E-state index is 0.369. The summed E-state index contributed by atoms with van der Waals surface area (Å²) in [6, 6.07) is 6.51. The van der Waals surface area contributed by atoms with E-state index >= 15 is 0 Å². The average molecular weight is 204 g/mol. The molecule has 0 radical (unpaired) electrons. The second-order valence-corrected chi connectivity index (χ2v) is 2.96. The molecule has 0 spiro atoms. The molecule has 0 aliphatic carbocycles. The summed E-state index contributed by atoms with van der Waals surface area (Å²) in [5, 5.41) is 0. The van der Waals surface area contributed by atoms with E-state index in [9.17, 15) is 4.39 Å². The molecule has 2 heterocycles. The maximum atomic E-state index is 12.5. The van der Waals surface area contributed by atoms with Crippen LogP contribution in [0.3, 0.4) is 0 Å². The fourth-order valence-corrected chi connectivity index (χ4v) is 1.08. The molecule has 0 atom stereocenters. The van der Waals surface area contributed by atoms with E-state index in [0.717, 1.165) is 11.8 Å². The molecule has 15 heavy (non-hydrogen) atoms. The largest absolute Gasteiger partial charge is 0.473 e. The Bertz CT molecular complexity index is 416. The lowest BCUT2D eigenvalue weighted by molar-refractivity contribution is 0.293. The van der Waals surface area contributed by atoms with E-state index in [1.807, 2.05) is 12.1 Å². The molecule has 76 valence electrons. The first-order valence-electron chi connectivity index (χ1n) is 4.48. The van der Waals surface area contributed by atoms with Crippen molar-refractivity contribution in [2.45, 2.75) is 6.61 Å². The van der Waals surface area contributed by atoms with E-state index in [1.54, 1.807) is 12.4 Å². The van der Waals surface area contributed by atoms with E-state index in [2.05, 4.69) is 9.97 Å². The zero-order chi connectivity index (χ0) is 10.5. The zero-order valence-electron chi connectivity index (χ0n) is 7.93. The molecule has 2 rings (SSSR count). The molecule has 0 fully saturated rings. The standard InChI is InChI=1S/C11H9FN2O/c12-10-1-2-11(14-7-10)15-8-9-3-5-13-6-4-9/h1-7H,8H2. The number of pyridine rings is 2. The van der Waals surface area contributed by atoms with Crippen LogP contribution in [0.15, 0.2) is 42.9 Å². The fourth-order valence-electron chi connectivity index (χ4n) is 1.08. The van der Waals surface area contributed by atoms with Crippen molar-refractivity contribution < 1.29 is 9.13 Å². The van der Waals surface area contributed by atoms with Crippen molar-refractivity contribution in [2.24, 2.45) is 0 Å². The lowest BCUT2D eigenvalue weighted by Crippen LogP contribution is -1.97. The Morgan fingerprint density at radius 1 is 1.13 bits per heavy atom. The summed E-state index contributed by atoms with van der Waals surface area (Å²) in [6.45, 7) is 0.404. The second-order valence-electron chi connectivity index (χ2n) is 2.96. The molecule has 0 aliphatic rings. The van der Waals surface area contributed by atoms with Gasteiger partial charge in [-0.25, -0.2) is 9.37 Å². The summed E-state index contributed by atoms with van der Waals surface area (Å²) >= 11 is 0. The van der Waals surface area contributed by atoms with Crippen LogP contribution in [0.2, 0.25) is 0 Å². The van der Waals surface area contributed by atoms with E-state index in [4.69, 9.17) is 4.74 Å². The molecule has 0 bridgehead atoms.